The van der Waals surface area contributed by atoms with Crippen molar-refractivity contribution in [2.24, 2.45) is 0 Å². The second-order valence-corrected chi connectivity index (χ2v) is 6.14. The smallest absolute Gasteiger partial charge is 0.307 e. The minimum Gasteiger partial charge on any atom is -0.463 e. The maximum Gasteiger partial charge on any atom is 0.307 e. The van der Waals surface area contributed by atoms with E-state index in [4.69, 9.17) is 4.42 Å². The zero-order chi connectivity index (χ0) is 15.0. The van der Waals surface area contributed by atoms with E-state index < -0.39 is 27.8 Å². The zero-order valence-electron chi connectivity index (χ0n) is 10.6. The molecule has 0 radical (unpaired) electrons. The van der Waals surface area contributed by atoms with Gasteiger partial charge in [0.2, 0.25) is 11.9 Å². The van der Waals surface area contributed by atoms with E-state index in [-0.39, 0.29) is 12.5 Å². The number of carbonyl (C=O) groups excluding carboxylic acids is 1. The number of carbonyl (C=O) groups is 1. The highest BCUT2D eigenvalue weighted by Crippen LogP contribution is 2.25. The largest absolute Gasteiger partial charge is 0.463 e. The van der Waals surface area contributed by atoms with Crippen molar-refractivity contribution in [3.8, 4) is 11.5 Å². The van der Waals surface area contributed by atoms with Crippen molar-refractivity contribution >= 4 is 22.1 Å². The van der Waals surface area contributed by atoms with Gasteiger partial charge in [-0.2, -0.15) is 8.42 Å². The molecule has 0 bridgehead atoms. The fourth-order valence-corrected chi connectivity index (χ4v) is 2.77. The number of amides is 1. The second kappa shape index (κ2) is 4.92. The van der Waals surface area contributed by atoms with E-state index in [0.29, 0.717) is 11.5 Å². The van der Waals surface area contributed by atoms with Crippen LogP contribution in [-0.4, -0.2) is 36.1 Å². The third kappa shape index (κ3) is 2.64. The Hall–Kier alpha value is -2.29. The lowest BCUT2D eigenvalue weighted by molar-refractivity contribution is -0.117. The van der Waals surface area contributed by atoms with Crippen LogP contribution in [0, 0.1) is 0 Å². The summed E-state index contributed by atoms with van der Waals surface area (Å²) in [6.45, 7) is -0.292. The Morgan fingerprint density at radius 3 is 2.81 bits per heavy atom. The van der Waals surface area contributed by atoms with Crippen LogP contribution < -0.4 is 4.90 Å². The number of hydrogen-bond acceptors (Lipinski definition) is 6. The van der Waals surface area contributed by atoms with Gasteiger partial charge in [0.1, 0.15) is 10.9 Å². The summed E-state index contributed by atoms with van der Waals surface area (Å²) >= 11 is 0. The molecule has 7 nitrogen and oxygen atoms in total. The molecule has 0 N–H and O–H groups in total. The molecule has 2 aromatic heterocycles. The van der Waals surface area contributed by atoms with Crippen LogP contribution >= 0.6 is 0 Å². The summed E-state index contributed by atoms with van der Waals surface area (Å²) in [5, 5.41) is -1.37. The van der Waals surface area contributed by atoms with Gasteiger partial charge in [-0.25, -0.2) is 9.97 Å². The molecule has 0 spiro atoms. The van der Waals surface area contributed by atoms with E-state index in [9.17, 15) is 17.1 Å². The van der Waals surface area contributed by atoms with Gasteiger partial charge >= 0.3 is 10.2 Å². The molecule has 1 amide bonds. The molecule has 3 heterocycles. The third-order valence-electron chi connectivity index (χ3n) is 3.15. The first-order chi connectivity index (χ1) is 9.95. The molecule has 0 aromatic carbocycles. The summed E-state index contributed by atoms with van der Waals surface area (Å²) < 4.78 is 40.0. The predicted molar refractivity (Wildman–Crippen MR) is 70.5 cm³/mol. The van der Waals surface area contributed by atoms with Gasteiger partial charge in [0, 0.05) is 19.2 Å². The third-order valence-corrected chi connectivity index (χ3v) is 4.26. The quantitative estimate of drug-likeness (QED) is 0.789. The number of halogens is 1. The van der Waals surface area contributed by atoms with Crippen molar-refractivity contribution in [1.29, 1.82) is 0 Å². The van der Waals surface area contributed by atoms with Gasteiger partial charge in [-0.1, -0.05) is 0 Å². The van der Waals surface area contributed by atoms with Crippen LogP contribution in [0.4, 0.5) is 9.83 Å². The van der Waals surface area contributed by atoms with Crippen molar-refractivity contribution in [2.45, 2.75) is 11.7 Å². The van der Waals surface area contributed by atoms with Crippen LogP contribution in [0.5, 0.6) is 0 Å². The lowest BCUT2D eigenvalue weighted by Gasteiger charge is -2.13. The highest BCUT2D eigenvalue weighted by molar-refractivity contribution is 7.87. The van der Waals surface area contributed by atoms with Crippen molar-refractivity contribution in [1.82, 2.24) is 9.97 Å². The minimum absolute atomic E-state index is 0.0278. The number of furan rings is 1. The van der Waals surface area contributed by atoms with Crippen LogP contribution in [0.2, 0.25) is 0 Å². The molecule has 3 rings (SSSR count). The number of nitrogens with zero attached hydrogens (tertiary/aromatic N) is 3. The van der Waals surface area contributed by atoms with Crippen molar-refractivity contribution in [3.05, 3.63) is 30.7 Å². The van der Waals surface area contributed by atoms with Gasteiger partial charge in [-0.05, 0) is 18.2 Å². The van der Waals surface area contributed by atoms with Crippen LogP contribution in [0.25, 0.3) is 11.5 Å². The van der Waals surface area contributed by atoms with Crippen LogP contribution in [0.3, 0.4) is 0 Å². The number of aromatic nitrogens is 2. The molecule has 0 aliphatic carbocycles. The molecular formula is C12H10FN3O4S. The van der Waals surface area contributed by atoms with E-state index in [1.807, 2.05) is 0 Å². The highest BCUT2D eigenvalue weighted by atomic mass is 32.3. The maximum atomic E-state index is 13.0. The summed E-state index contributed by atoms with van der Waals surface area (Å²) in [7, 11) is -4.77. The Labute approximate surface area is 119 Å². The zero-order valence-corrected chi connectivity index (χ0v) is 11.5. The molecule has 1 aliphatic rings. The number of hydrogen-bond donors (Lipinski definition) is 0. The summed E-state index contributed by atoms with van der Waals surface area (Å²) in [6.07, 6.45) is 2.49. The Balaban J connectivity index is 1.91. The summed E-state index contributed by atoms with van der Waals surface area (Å²) in [5.41, 5.74) is 0.448. The first kappa shape index (κ1) is 13.7. The molecule has 110 valence electrons. The molecule has 0 saturated carbocycles. The Bertz CT molecular complexity index is 776. The van der Waals surface area contributed by atoms with Gasteiger partial charge in [0.25, 0.3) is 0 Å². The Morgan fingerprint density at radius 1 is 1.38 bits per heavy atom. The molecule has 1 aliphatic heterocycles. The fourth-order valence-electron chi connectivity index (χ4n) is 2.10. The first-order valence-electron chi connectivity index (χ1n) is 6.06. The summed E-state index contributed by atoms with van der Waals surface area (Å²) in [4.78, 5) is 21.0. The van der Waals surface area contributed by atoms with Gasteiger partial charge < -0.3 is 4.42 Å². The Kier molecular flexibility index (Phi) is 3.20. The van der Waals surface area contributed by atoms with Gasteiger partial charge in [0.15, 0.2) is 5.76 Å². The average molecular weight is 311 g/mol. The summed E-state index contributed by atoms with van der Waals surface area (Å²) in [5.74, 6) is -0.0159. The maximum absolute atomic E-state index is 13.0. The lowest BCUT2D eigenvalue weighted by atomic mass is 10.3. The lowest BCUT2D eigenvalue weighted by Crippen LogP contribution is -2.28. The monoisotopic (exact) mass is 311 g/mol. The van der Waals surface area contributed by atoms with Gasteiger partial charge in [0.05, 0.1) is 6.26 Å². The van der Waals surface area contributed by atoms with Crippen LogP contribution in [-0.2, 0) is 15.0 Å². The van der Waals surface area contributed by atoms with Crippen molar-refractivity contribution in [3.63, 3.8) is 0 Å². The standard InChI is InChI=1S/C12H10FN3O4S/c13-21(18,19)8-6-11(17)16(7-8)12-14-4-3-9(15-12)10-2-1-5-20-10/h1-5,8H,6-7H2. The molecule has 1 atom stereocenters. The normalized spacial score (nSPS) is 19.2. The van der Waals surface area contributed by atoms with Gasteiger partial charge in [-0.15, -0.1) is 3.89 Å². The molecular weight excluding hydrogens is 301 g/mol. The Morgan fingerprint density at radius 2 is 2.19 bits per heavy atom. The molecule has 2 aromatic rings. The second-order valence-electron chi connectivity index (χ2n) is 4.53. The van der Waals surface area contributed by atoms with E-state index >= 15 is 0 Å². The van der Waals surface area contributed by atoms with Crippen molar-refractivity contribution in [2.75, 3.05) is 11.4 Å². The van der Waals surface area contributed by atoms with Crippen LogP contribution in [0.15, 0.2) is 35.1 Å². The van der Waals surface area contributed by atoms with E-state index in [2.05, 4.69) is 9.97 Å². The molecule has 9 heteroatoms. The molecule has 21 heavy (non-hydrogen) atoms. The van der Waals surface area contributed by atoms with E-state index in [1.54, 1.807) is 18.2 Å². The average Bonchev–Trinajstić information content (AvgIpc) is 3.07. The van der Waals surface area contributed by atoms with E-state index in [0.717, 1.165) is 4.90 Å². The number of anilines is 1. The van der Waals surface area contributed by atoms with Crippen molar-refractivity contribution < 1.29 is 21.5 Å². The predicted octanol–water partition coefficient (Wildman–Crippen LogP) is 1.14. The van der Waals surface area contributed by atoms with E-state index in [1.165, 1.54) is 12.5 Å². The molecule has 1 fully saturated rings. The topological polar surface area (TPSA) is 93.4 Å². The summed E-state index contributed by atoms with van der Waals surface area (Å²) in [6, 6.07) is 4.96. The first-order valence-corrected chi connectivity index (χ1v) is 7.50. The minimum atomic E-state index is -4.77. The number of rotatable bonds is 3. The highest BCUT2D eigenvalue weighted by Gasteiger charge is 2.40. The SMILES string of the molecule is O=C1CC(S(=O)(=O)F)CN1c1nccc(-c2ccco2)n1. The fraction of sp³-hybridized carbons (Fsp3) is 0.250. The molecule has 1 unspecified atom stereocenters. The van der Waals surface area contributed by atoms with Gasteiger partial charge in [-0.3, -0.25) is 9.69 Å². The van der Waals surface area contributed by atoms with Crippen LogP contribution in [0.1, 0.15) is 6.42 Å². The molecule has 1 saturated heterocycles.